The normalized spacial score (nSPS) is 17.6. The lowest BCUT2D eigenvalue weighted by molar-refractivity contribution is 0.145. The molecule has 0 aliphatic heterocycles. The van der Waals surface area contributed by atoms with Gasteiger partial charge < -0.3 is 10.8 Å². The van der Waals surface area contributed by atoms with Gasteiger partial charge in [-0.05, 0) is 19.8 Å². The van der Waals surface area contributed by atoms with Crippen LogP contribution in [0.15, 0.2) is 12.2 Å². The van der Waals surface area contributed by atoms with Crippen molar-refractivity contribution in [3.63, 3.8) is 0 Å². The Morgan fingerprint density at radius 3 is 2.60 bits per heavy atom. The van der Waals surface area contributed by atoms with E-state index in [1.807, 2.05) is 26.0 Å². The van der Waals surface area contributed by atoms with E-state index in [4.69, 9.17) is 5.73 Å². The summed E-state index contributed by atoms with van der Waals surface area (Å²) < 4.78 is 0. The van der Waals surface area contributed by atoms with Gasteiger partial charge in [-0.2, -0.15) is 0 Å². The second kappa shape index (κ2) is 5.45. The SMILES string of the molecule is C/C=C/CC(O)C(N)CC. The van der Waals surface area contributed by atoms with Gasteiger partial charge in [0.25, 0.3) is 0 Å². The number of aliphatic hydroxyl groups is 1. The summed E-state index contributed by atoms with van der Waals surface area (Å²) in [4.78, 5) is 0. The van der Waals surface area contributed by atoms with E-state index in [2.05, 4.69) is 0 Å². The van der Waals surface area contributed by atoms with Crippen LogP contribution in [-0.4, -0.2) is 17.3 Å². The van der Waals surface area contributed by atoms with Crippen molar-refractivity contribution in [2.24, 2.45) is 5.73 Å². The molecular formula is C8H17NO. The molecule has 0 rings (SSSR count). The average molecular weight is 143 g/mol. The second-order valence-corrected chi connectivity index (χ2v) is 2.44. The van der Waals surface area contributed by atoms with E-state index in [1.165, 1.54) is 0 Å². The lowest BCUT2D eigenvalue weighted by Gasteiger charge is -2.14. The fourth-order valence-corrected chi connectivity index (χ4v) is 0.722. The second-order valence-electron chi connectivity index (χ2n) is 2.44. The Hall–Kier alpha value is -0.340. The van der Waals surface area contributed by atoms with Gasteiger partial charge >= 0.3 is 0 Å². The number of rotatable bonds is 4. The minimum absolute atomic E-state index is 0.0730. The Bertz CT molecular complexity index is 101. The first-order chi connectivity index (χ1) is 4.72. The van der Waals surface area contributed by atoms with E-state index in [0.29, 0.717) is 6.42 Å². The largest absolute Gasteiger partial charge is 0.391 e. The summed E-state index contributed by atoms with van der Waals surface area (Å²) in [5.74, 6) is 0. The number of aliphatic hydroxyl groups excluding tert-OH is 1. The van der Waals surface area contributed by atoms with Crippen molar-refractivity contribution >= 4 is 0 Å². The lowest BCUT2D eigenvalue weighted by atomic mass is 10.1. The number of allylic oxidation sites excluding steroid dienone is 1. The molecule has 0 fully saturated rings. The Morgan fingerprint density at radius 1 is 1.60 bits per heavy atom. The molecule has 0 radical (unpaired) electrons. The van der Waals surface area contributed by atoms with Crippen molar-refractivity contribution in [2.75, 3.05) is 0 Å². The maximum Gasteiger partial charge on any atom is 0.0725 e. The summed E-state index contributed by atoms with van der Waals surface area (Å²) in [5, 5.41) is 9.27. The van der Waals surface area contributed by atoms with Gasteiger partial charge in [0.2, 0.25) is 0 Å². The molecule has 2 nitrogen and oxygen atoms in total. The van der Waals surface area contributed by atoms with Gasteiger partial charge in [0, 0.05) is 6.04 Å². The fraction of sp³-hybridized carbons (Fsp3) is 0.750. The Kier molecular flexibility index (Phi) is 5.26. The third-order valence-corrected chi connectivity index (χ3v) is 1.58. The molecule has 0 aromatic heterocycles. The Labute approximate surface area is 62.7 Å². The van der Waals surface area contributed by atoms with Gasteiger partial charge in [0.15, 0.2) is 0 Å². The van der Waals surface area contributed by atoms with Crippen LogP contribution in [-0.2, 0) is 0 Å². The summed E-state index contributed by atoms with van der Waals surface area (Å²) in [6.07, 6.45) is 4.98. The van der Waals surface area contributed by atoms with E-state index >= 15 is 0 Å². The highest BCUT2D eigenvalue weighted by Gasteiger charge is 2.09. The van der Waals surface area contributed by atoms with E-state index in [1.54, 1.807) is 0 Å². The Morgan fingerprint density at radius 2 is 2.20 bits per heavy atom. The highest BCUT2D eigenvalue weighted by molar-refractivity contribution is 4.83. The van der Waals surface area contributed by atoms with E-state index in [-0.39, 0.29) is 12.1 Å². The number of hydrogen-bond acceptors (Lipinski definition) is 2. The highest BCUT2D eigenvalue weighted by atomic mass is 16.3. The summed E-state index contributed by atoms with van der Waals surface area (Å²) >= 11 is 0. The first-order valence-corrected chi connectivity index (χ1v) is 3.77. The molecule has 0 bridgehead atoms. The van der Waals surface area contributed by atoms with Gasteiger partial charge in [-0.15, -0.1) is 0 Å². The van der Waals surface area contributed by atoms with Crippen LogP contribution in [0.1, 0.15) is 26.7 Å². The van der Waals surface area contributed by atoms with Crippen LogP contribution in [0.2, 0.25) is 0 Å². The van der Waals surface area contributed by atoms with Crippen LogP contribution in [0.3, 0.4) is 0 Å². The van der Waals surface area contributed by atoms with Gasteiger partial charge in [0.05, 0.1) is 6.10 Å². The molecule has 0 aromatic carbocycles. The first kappa shape index (κ1) is 9.66. The minimum atomic E-state index is -0.374. The number of nitrogens with two attached hydrogens (primary N) is 1. The molecule has 2 unspecified atom stereocenters. The van der Waals surface area contributed by atoms with Crippen LogP contribution in [0.25, 0.3) is 0 Å². The highest BCUT2D eigenvalue weighted by Crippen LogP contribution is 2.00. The third-order valence-electron chi connectivity index (χ3n) is 1.58. The van der Waals surface area contributed by atoms with E-state index in [9.17, 15) is 5.11 Å². The molecule has 0 saturated carbocycles. The molecule has 10 heavy (non-hydrogen) atoms. The molecule has 3 N–H and O–H groups in total. The topological polar surface area (TPSA) is 46.2 Å². The standard InChI is InChI=1S/C8H17NO/c1-3-5-6-8(10)7(9)4-2/h3,5,7-8,10H,4,6,9H2,1-2H3/b5-3+. The fourth-order valence-electron chi connectivity index (χ4n) is 0.722. The van der Waals surface area contributed by atoms with E-state index in [0.717, 1.165) is 6.42 Å². The summed E-state index contributed by atoms with van der Waals surface area (Å²) in [6.45, 7) is 3.91. The van der Waals surface area contributed by atoms with Gasteiger partial charge in [-0.3, -0.25) is 0 Å². The first-order valence-electron chi connectivity index (χ1n) is 3.77. The molecule has 0 aliphatic carbocycles. The molecule has 0 saturated heterocycles. The maximum absolute atomic E-state index is 9.27. The molecule has 0 heterocycles. The van der Waals surface area contributed by atoms with Crippen molar-refractivity contribution in [2.45, 2.75) is 38.8 Å². The third kappa shape index (κ3) is 3.64. The predicted molar refractivity (Wildman–Crippen MR) is 43.7 cm³/mol. The zero-order valence-electron chi connectivity index (χ0n) is 6.75. The molecule has 2 heteroatoms. The monoisotopic (exact) mass is 143 g/mol. The average Bonchev–Trinajstić information content (AvgIpc) is 1.98. The van der Waals surface area contributed by atoms with Gasteiger partial charge in [0.1, 0.15) is 0 Å². The quantitative estimate of drug-likeness (QED) is 0.578. The van der Waals surface area contributed by atoms with Crippen molar-refractivity contribution in [1.29, 1.82) is 0 Å². The molecular weight excluding hydrogens is 126 g/mol. The summed E-state index contributed by atoms with van der Waals surface area (Å²) in [7, 11) is 0. The number of hydrogen-bond donors (Lipinski definition) is 2. The summed E-state index contributed by atoms with van der Waals surface area (Å²) in [5.41, 5.74) is 5.57. The lowest BCUT2D eigenvalue weighted by Crippen LogP contribution is -2.33. The predicted octanol–water partition coefficient (Wildman–Crippen LogP) is 1.05. The van der Waals surface area contributed by atoms with Crippen LogP contribution in [0.4, 0.5) is 0 Å². The van der Waals surface area contributed by atoms with Gasteiger partial charge in [-0.25, -0.2) is 0 Å². The van der Waals surface area contributed by atoms with Crippen molar-refractivity contribution < 1.29 is 5.11 Å². The zero-order valence-corrected chi connectivity index (χ0v) is 6.75. The van der Waals surface area contributed by atoms with Crippen molar-refractivity contribution in [1.82, 2.24) is 0 Å². The maximum atomic E-state index is 9.27. The zero-order chi connectivity index (χ0) is 7.98. The molecule has 0 spiro atoms. The van der Waals surface area contributed by atoms with Crippen LogP contribution in [0, 0.1) is 0 Å². The van der Waals surface area contributed by atoms with Crippen molar-refractivity contribution in [3.8, 4) is 0 Å². The van der Waals surface area contributed by atoms with Crippen LogP contribution in [0.5, 0.6) is 0 Å². The molecule has 2 atom stereocenters. The van der Waals surface area contributed by atoms with E-state index < -0.39 is 0 Å². The molecule has 60 valence electrons. The molecule has 0 amide bonds. The van der Waals surface area contributed by atoms with Crippen LogP contribution < -0.4 is 5.73 Å². The Balaban J connectivity index is 3.50. The smallest absolute Gasteiger partial charge is 0.0725 e. The minimum Gasteiger partial charge on any atom is -0.391 e. The molecule has 0 aliphatic rings. The molecule has 0 aromatic rings. The van der Waals surface area contributed by atoms with Crippen molar-refractivity contribution in [3.05, 3.63) is 12.2 Å². The summed E-state index contributed by atoms with van der Waals surface area (Å²) in [6, 6.07) is -0.0730. The van der Waals surface area contributed by atoms with Gasteiger partial charge in [-0.1, -0.05) is 19.1 Å². The van der Waals surface area contributed by atoms with Crippen LogP contribution >= 0.6 is 0 Å².